The molecule has 24 heavy (non-hydrogen) atoms. The topological polar surface area (TPSA) is 3.88 Å². The molecule has 1 heterocycles. The van der Waals surface area contributed by atoms with Gasteiger partial charge in [-0.3, -0.25) is 0 Å². The Morgan fingerprint density at radius 2 is 1.58 bits per heavy atom. The SMILES string of the molecule is CCCCCC[n+]1cccc(C)c1.F[B-](F)(F)C(F)(F)C(F)(F)F. The highest BCUT2D eigenvalue weighted by Crippen LogP contribution is 2.43. The Bertz CT molecular complexity index is 468. The van der Waals surface area contributed by atoms with Crippen LogP contribution in [-0.2, 0) is 6.54 Å². The van der Waals surface area contributed by atoms with Gasteiger partial charge >= 0.3 is 19.0 Å². The number of halogens is 8. The summed E-state index contributed by atoms with van der Waals surface area (Å²) in [6.45, 7) is -1.65. The fraction of sp³-hybridized carbons (Fsp3) is 0.643. The van der Waals surface area contributed by atoms with E-state index in [4.69, 9.17) is 0 Å². The molecule has 10 heteroatoms. The van der Waals surface area contributed by atoms with Crippen molar-refractivity contribution in [3.8, 4) is 0 Å². The first-order valence-corrected chi connectivity index (χ1v) is 7.42. The Morgan fingerprint density at radius 1 is 1.00 bits per heavy atom. The third kappa shape index (κ3) is 7.48. The highest BCUT2D eigenvalue weighted by Gasteiger charge is 2.69. The van der Waals surface area contributed by atoms with Gasteiger partial charge in [-0.1, -0.05) is 19.8 Å². The second kappa shape index (κ2) is 9.22. The fourth-order valence-corrected chi connectivity index (χ4v) is 1.70. The first-order valence-electron chi connectivity index (χ1n) is 7.42. The zero-order valence-electron chi connectivity index (χ0n) is 13.4. The van der Waals surface area contributed by atoms with Crippen LogP contribution in [0.25, 0.3) is 0 Å². The molecule has 0 aliphatic carbocycles. The predicted octanol–water partition coefficient (Wildman–Crippen LogP) is 5.43. The molecule has 1 rings (SSSR count). The molecule has 0 amide bonds. The van der Waals surface area contributed by atoms with Gasteiger partial charge in [0.1, 0.15) is 6.54 Å². The molecule has 0 aliphatic heterocycles. The summed E-state index contributed by atoms with van der Waals surface area (Å²) in [6.07, 6.45) is 3.17. The Balaban J connectivity index is 0.000000449. The zero-order valence-corrected chi connectivity index (χ0v) is 13.4. The van der Waals surface area contributed by atoms with Crippen LogP contribution in [0.1, 0.15) is 38.2 Å². The molecule has 1 nitrogen and oxygen atoms in total. The van der Waals surface area contributed by atoms with Crippen LogP contribution in [0.4, 0.5) is 34.9 Å². The van der Waals surface area contributed by atoms with Crippen LogP contribution in [0, 0.1) is 6.92 Å². The molecule has 1 aromatic rings. The zero-order chi connectivity index (χ0) is 19.0. The molecule has 0 spiro atoms. The molecule has 0 N–H and O–H groups in total. The summed E-state index contributed by atoms with van der Waals surface area (Å²) in [7, 11) is 0. The van der Waals surface area contributed by atoms with Crippen LogP contribution in [0.2, 0.25) is 0 Å². The van der Waals surface area contributed by atoms with Gasteiger partial charge in [0.25, 0.3) is 0 Å². The molecule has 0 unspecified atom stereocenters. The van der Waals surface area contributed by atoms with E-state index in [1.165, 1.54) is 37.8 Å². The minimum Gasteiger partial charge on any atom is -0.445 e. The van der Waals surface area contributed by atoms with Crippen molar-refractivity contribution in [3.05, 3.63) is 30.1 Å². The van der Waals surface area contributed by atoms with Gasteiger partial charge in [0.05, 0.1) is 0 Å². The molecular weight excluding hydrogens is 345 g/mol. The molecule has 1 aromatic heterocycles. The molecule has 0 atom stereocenters. The number of rotatable bonds is 6. The van der Waals surface area contributed by atoms with Crippen LogP contribution in [0.5, 0.6) is 0 Å². The molecular formula is C14H20BF8N. The minimum atomic E-state index is -7.21. The lowest BCUT2D eigenvalue weighted by molar-refractivity contribution is -0.697. The standard InChI is InChI=1S/C12H20N.C2BF8/c1-3-4-5-6-9-13-10-7-8-12(2)11-13;4-1(5,2(6,7)8)3(9,10)11/h7-8,10-11H,3-6,9H2,1-2H3;/q+1;-1. The van der Waals surface area contributed by atoms with E-state index in [9.17, 15) is 34.9 Å². The summed E-state index contributed by atoms with van der Waals surface area (Å²) in [5.74, 6) is -6.56. The maximum absolute atomic E-state index is 11.2. The van der Waals surface area contributed by atoms with Crippen molar-refractivity contribution in [2.75, 3.05) is 0 Å². The monoisotopic (exact) mass is 365 g/mol. The number of unbranched alkanes of at least 4 members (excludes halogenated alkanes) is 3. The van der Waals surface area contributed by atoms with Crippen molar-refractivity contribution in [1.82, 2.24) is 0 Å². The first-order chi connectivity index (χ1) is 10.8. The third-order valence-corrected chi connectivity index (χ3v) is 3.07. The molecule has 0 aliphatic rings. The normalized spacial score (nSPS) is 12.6. The average Bonchev–Trinajstić information content (AvgIpc) is 2.42. The van der Waals surface area contributed by atoms with Crippen LogP contribution < -0.4 is 4.57 Å². The maximum atomic E-state index is 11.2. The van der Waals surface area contributed by atoms with E-state index in [1.807, 2.05) is 0 Å². The van der Waals surface area contributed by atoms with E-state index in [2.05, 4.69) is 42.9 Å². The number of alkyl halides is 5. The van der Waals surface area contributed by atoms with E-state index >= 15 is 0 Å². The van der Waals surface area contributed by atoms with Crippen molar-refractivity contribution in [1.29, 1.82) is 0 Å². The van der Waals surface area contributed by atoms with Gasteiger partial charge in [0.2, 0.25) is 0 Å². The Morgan fingerprint density at radius 3 is 1.96 bits per heavy atom. The molecule has 0 aromatic carbocycles. The number of hydrogen-bond acceptors (Lipinski definition) is 0. The fourth-order valence-electron chi connectivity index (χ4n) is 1.70. The maximum Gasteiger partial charge on any atom is 0.558 e. The Labute approximate surface area is 135 Å². The Kier molecular flexibility index (Phi) is 8.70. The lowest BCUT2D eigenvalue weighted by Crippen LogP contribution is -2.53. The van der Waals surface area contributed by atoms with Gasteiger partial charge in [-0.25, -0.2) is 13.3 Å². The lowest BCUT2D eigenvalue weighted by atomic mass is 9.80. The highest BCUT2D eigenvalue weighted by molar-refractivity contribution is 6.61. The van der Waals surface area contributed by atoms with Gasteiger partial charge in [-0.05, 0) is 19.4 Å². The molecule has 140 valence electrons. The first kappa shape index (κ1) is 22.7. The molecule has 0 bridgehead atoms. The van der Waals surface area contributed by atoms with Gasteiger partial charge in [0, 0.05) is 18.1 Å². The lowest BCUT2D eigenvalue weighted by Gasteiger charge is -2.28. The molecule has 0 saturated heterocycles. The number of nitrogens with zero attached hydrogens (tertiary/aromatic N) is 1. The van der Waals surface area contributed by atoms with Crippen molar-refractivity contribution in [3.63, 3.8) is 0 Å². The number of hydrogen-bond donors (Lipinski definition) is 0. The van der Waals surface area contributed by atoms with Crippen molar-refractivity contribution < 1.29 is 39.5 Å². The number of pyridine rings is 1. The quantitative estimate of drug-likeness (QED) is 0.274. The summed E-state index contributed by atoms with van der Waals surface area (Å²) < 4.78 is 90.1. The summed E-state index contributed by atoms with van der Waals surface area (Å²) in [5, 5.41) is 0. The van der Waals surface area contributed by atoms with Crippen molar-refractivity contribution >= 4 is 6.98 Å². The van der Waals surface area contributed by atoms with Gasteiger partial charge in [-0.2, -0.15) is 13.2 Å². The van der Waals surface area contributed by atoms with Gasteiger partial charge in [-0.15, -0.1) is 0 Å². The Hall–Kier alpha value is -1.35. The average molecular weight is 365 g/mol. The van der Waals surface area contributed by atoms with Gasteiger partial charge < -0.3 is 12.9 Å². The predicted molar refractivity (Wildman–Crippen MR) is 75.6 cm³/mol. The van der Waals surface area contributed by atoms with Crippen LogP contribution in [0.15, 0.2) is 24.5 Å². The van der Waals surface area contributed by atoms with E-state index in [1.54, 1.807) is 0 Å². The molecule has 0 saturated carbocycles. The highest BCUT2D eigenvalue weighted by atomic mass is 19.4. The van der Waals surface area contributed by atoms with Crippen molar-refractivity contribution in [2.45, 2.75) is 58.1 Å². The van der Waals surface area contributed by atoms with Gasteiger partial charge in [0.15, 0.2) is 12.4 Å². The van der Waals surface area contributed by atoms with Crippen molar-refractivity contribution in [2.24, 2.45) is 0 Å². The van der Waals surface area contributed by atoms with E-state index < -0.39 is 19.0 Å². The second-order valence-corrected chi connectivity index (χ2v) is 5.38. The van der Waals surface area contributed by atoms with E-state index in [0.29, 0.717) is 0 Å². The smallest absolute Gasteiger partial charge is 0.445 e. The van der Waals surface area contributed by atoms with Crippen LogP contribution >= 0.6 is 0 Å². The van der Waals surface area contributed by atoms with E-state index in [-0.39, 0.29) is 0 Å². The largest absolute Gasteiger partial charge is 0.558 e. The minimum absolute atomic E-state index is 1.17. The third-order valence-electron chi connectivity index (χ3n) is 3.07. The summed E-state index contributed by atoms with van der Waals surface area (Å²) >= 11 is 0. The van der Waals surface area contributed by atoms with E-state index in [0.717, 1.165) is 0 Å². The summed E-state index contributed by atoms with van der Waals surface area (Å²) in [4.78, 5) is 0. The molecule has 0 radical (unpaired) electrons. The number of aromatic nitrogens is 1. The summed E-state index contributed by atoms with van der Waals surface area (Å²) in [6, 6.07) is 4.26. The van der Waals surface area contributed by atoms with Crippen LogP contribution in [-0.4, -0.2) is 19.0 Å². The second-order valence-electron chi connectivity index (χ2n) is 5.38. The summed E-state index contributed by atoms with van der Waals surface area (Å²) in [5.41, 5.74) is 1.35. The van der Waals surface area contributed by atoms with Crippen LogP contribution in [0.3, 0.4) is 0 Å². The molecule has 0 fully saturated rings. The number of aryl methyl sites for hydroxylation is 2.